The minimum absolute atomic E-state index is 0.588. The molecule has 3 nitrogen and oxygen atoms in total. The maximum atomic E-state index is 6.11. The van der Waals surface area contributed by atoms with Crippen LogP contribution in [-0.4, -0.2) is 28.0 Å². The predicted molar refractivity (Wildman–Crippen MR) is 75.0 cm³/mol. The molecule has 0 aromatic carbocycles. The lowest BCUT2D eigenvalue weighted by Gasteiger charge is -2.14. The van der Waals surface area contributed by atoms with Crippen LogP contribution in [0.4, 0.5) is 5.82 Å². The van der Waals surface area contributed by atoms with Crippen LogP contribution < -0.4 is 5.32 Å². The number of hydrogen-bond acceptors (Lipinski definition) is 4. The molecule has 0 saturated carbocycles. The van der Waals surface area contributed by atoms with Gasteiger partial charge in [-0.3, -0.25) is 0 Å². The minimum Gasteiger partial charge on any atom is -0.369 e. The van der Waals surface area contributed by atoms with E-state index in [0.717, 1.165) is 36.7 Å². The number of anilines is 1. The van der Waals surface area contributed by atoms with E-state index < -0.39 is 0 Å². The molecule has 0 bridgehead atoms. The topological polar surface area (TPSA) is 37.8 Å². The summed E-state index contributed by atoms with van der Waals surface area (Å²) >= 11 is 8.14. The van der Waals surface area contributed by atoms with Crippen LogP contribution in [0, 0.1) is 5.92 Å². The van der Waals surface area contributed by atoms with Crippen molar-refractivity contribution < 1.29 is 0 Å². The zero-order valence-corrected chi connectivity index (χ0v) is 11.7. The van der Waals surface area contributed by atoms with E-state index in [1.165, 1.54) is 24.3 Å². The fourth-order valence-corrected chi connectivity index (χ4v) is 3.51. The molecule has 0 amide bonds. The van der Waals surface area contributed by atoms with Gasteiger partial charge in [0.15, 0.2) is 0 Å². The van der Waals surface area contributed by atoms with E-state index in [2.05, 4.69) is 22.2 Å². The molecule has 2 rings (SSSR count). The third-order valence-electron chi connectivity index (χ3n) is 2.97. The Morgan fingerprint density at radius 1 is 1.53 bits per heavy atom. The molecule has 1 aromatic rings. The highest BCUT2D eigenvalue weighted by Gasteiger charge is 2.16. The average Bonchev–Trinajstić information content (AvgIpc) is 2.83. The molecule has 1 aromatic heterocycles. The summed E-state index contributed by atoms with van der Waals surface area (Å²) in [6.45, 7) is 3.14. The van der Waals surface area contributed by atoms with Crippen molar-refractivity contribution in [2.45, 2.75) is 26.2 Å². The SMILES string of the molecule is CCCc1c(Cl)ncnc1NCC1CCSC1. The summed E-state index contributed by atoms with van der Waals surface area (Å²) in [5.74, 6) is 4.24. The Balaban J connectivity index is 2.00. The highest BCUT2D eigenvalue weighted by atomic mass is 35.5. The van der Waals surface area contributed by atoms with E-state index in [1.807, 2.05) is 11.8 Å². The molecular formula is C12H18ClN3S. The molecule has 1 aliphatic heterocycles. The van der Waals surface area contributed by atoms with Crippen LogP contribution in [0.25, 0.3) is 0 Å². The van der Waals surface area contributed by atoms with Crippen LogP contribution in [0.1, 0.15) is 25.3 Å². The Kier molecular flexibility index (Phi) is 4.92. The third kappa shape index (κ3) is 3.49. The van der Waals surface area contributed by atoms with Crippen LogP contribution >= 0.6 is 23.4 Å². The zero-order chi connectivity index (χ0) is 12.1. The van der Waals surface area contributed by atoms with Gasteiger partial charge in [0.05, 0.1) is 0 Å². The molecule has 17 heavy (non-hydrogen) atoms. The fraction of sp³-hybridized carbons (Fsp3) is 0.667. The van der Waals surface area contributed by atoms with Crippen molar-refractivity contribution in [2.75, 3.05) is 23.4 Å². The van der Waals surface area contributed by atoms with Gasteiger partial charge >= 0.3 is 0 Å². The van der Waals surface area contributed by atoms with Crippen LogP contribution in [0.3, 0.4) is 0 Å². The lowest BCUT2D eigenvalue weighted by molar-refractivity contribution is 0.629. The van der Waals surface area contributed by atoms with Crippen LogP contribution in [0.2, 0.25) is 5.15 Å². The van der Waals surface area contributed by atoms with E-state index in [4.69, 9.17) is 11.6 Å². The Morgan fingerprint density at radius 3 is 3.12 bits per heavy atom. The molecule has 1 atom stereocenters. The Morgan fingerprint density at radius 2 is 2.41 bits per heavy atom. The fourth-order valence-electron chi connectivity index (χ4n) is 2.00. The van der Waals surface area contributed by atoms with E-state index in [1.54, 1.807) is 0 Å². The van der Waals surface area contributed by atoms with Crippen molar-refractivity contribution in [3.8, 4) is 0 Å². The van der Waals surface area contributed by atoms with Crippen molar-refractivity contribution in [2.24, 2.45) is 5.92 Å². The van der Waals surface area contributed by atoms with E-state index in [9.17, 15) is 0 Å². The maximum Gasteiger partial charge on any atom is 0.137 e. The largest absolute Gasteiger partial charge is 0.369 e. The van der Waals surface area contributed by atoms with Gasteiger partial charge in [0.2, 0.25) is 0 Å². The average molecular weight is 272 g/mol. The van der Waals surface area contributed by atoms with Gasteiger partial charge in [-0.15, -0.1) is 0 Å². The molecule has 1 unspecified atom stereocenters. The van der Waals surface area contributed by atoms with Crippen molar-refractivity contribution >= 4 is 29.2 Å². The first kappa shape index (κ1) is 13.0. The second kappa shape index (κ2) is 6.45. The summed E-state index contributed by atoms with van der Waals surface area (Å²) in [6.07, 6.45) is 4.83. The molecule has 1 saturated heterocycles. The molecule has 0 aliphatic carbocycles. The molecule has 0 radical (unpaired) electrons. The number of hydrogen-bond donors (Lipinski definition) is 1. The van der Waals surface area contributed by atoms with Crippen LogP contribution in [0.15, 0.2) is 6.33 Å². The van der Waals surface area contributed by atoms with Gasteiger partial charge in [0.25, 0.3) is 0 Å². The zero-order valence-electron chi connectivity index (χ0n) is 10.1. The first-order valence-electron chi connectivity index (χ1n) is 6.12. The maximum absolute atomic E-state index is 6.11. The number of halogens is 1. The number of nitrogens with zero attached hydrogens (tertiary/aromatic N) is 2. The molecule has 1 aliphatic rings. The van der Waals surface area contributed by atoms with Gasteiger partial charge in [-0.25, -0.2) is 9.97 Å². The standard InChI is InChI=1S/C12H18ClN3S/c1-2-3-10-11(13)15-8-16-12(10)14-6-9-4-5-17-7-9/h8-9H,2-7H2,1H3,(H,14,15,16). The Bertz CT molecular complexity index is 367. The van der Waals surface area contributed by atoms with Gasteiger partial charge in [0, 0.05) is 12.1 Å². The minimum atomic E-state index is 0.588. The highest BCUT2D eigenvalue weighted by Crippen LogP contribution is 2.25. The van der Waals surface area contributed by atoms with E-state index in [-0.39, 0.29) is 0 Å². The number of thioether (sulfide) groups is 1. The van der Waals surface area contributed by atoms with Gasteiger partial charge in [-0.2, -0.15) is 11.8 Å². The molecule has 5 heteroatoms. The second-order valence-corrected chi connectivity index (χ2v) is 5.86. The third-order valence-corrected chi connectivity index (χ3v) is 4.53. The molecule has 94 valence electrons. The molecular weight excluding hydrogens is 254 g/mol. The first-order valence-corrected chi connectivity index (χ1v) is 7.65. The van der Waals surface area contributed by atoms with Crippen molar-refractivity contribution in [3.63, 3.8) is 0 Å². The van der Waals surface area contributed by atoms with Gasteiger partial charge in [0.1, 0.15) is 17.3 Å². The van der Waals surface area contributed by atoms with Crippen molar-refractivity contribution in [1.29, 1.82) is 0 Å². The highest BCUT2D eigenvalue weighted by molar-refractivity contribution is 7.99. The van der Waals surface area contributed by atoms with Crippen molar-refractivity contribution in [3.05, 3.63) is 17.0 Å². The Hall–Kier alpha value is -0.480. The van der Waals surface area contributed by atoms with E-state index in [0.29, 0.717) is 5.15 Å². The second-order valence-electron chi connectivity index (χ2n) is 4.35. The quantitative estimate of drug-likeness (QED) is 0.835. The molecule has 1 fully saturated rings. The number of aromatic nitrogens is 2. The first-order chi connectivity index (χ1) is 8.31. The summed E-state index contributed by atoms with van der Waals surface area (Å²) < 4.78 is 0. The van der Waals surface area contributed by atoms with Gasteiger partial charge in [-0.1, -0.05) is 24.9 Å². The lowest BCUT2D eigenvalue weighted by Crippen LogP contribution is -2.15. The number of rotatable bonds is 5. The number of nitrogens with one attached hydrogen (secondary N) is 1. The summed E-state index contributed by atoms with van der Waals surface area (Å²) in [5.41, 5.74) is 1.06. The van der Waals surface area contributed by atoms with Crippen LogP contribution in [-0.2, 0) is 6.42 Å². The normalized spacial score (nSPS) is 19.5. The smallest absolute Gasteiger partial charge is 0.137 e. The summed E-state index contributed by atoms with van der Waals surface area (Å²) in [7, 11) is 0. The lowest BCUT2D eigenvalue weighted by atomic mass is 10.1. The summed E-state index contributed by atoms with van der Waals surface area (Å²) in [4.78, 5) is 8.35. The van der Waals surface area contributed by atoms with Crippen molar-refractivity contribution in [1.82, 2.24) is 9.97 Å². The van der Waals surface area contributed by atoms with Crippen LogP contribution in [0.5, 0.6) is 0 Å². The summed E-state index contributed by atoms with van der Waals surface area (Å²) in [6, 6.07) is 0. The Labute approximate surface area is 112 Å². The molecule has 2 heterocycles. The van der Waals surface area contributed by atoms with Gasteiger partial charge in [-0.05, 0) is 30.3 Å². The monoisotopic (exact) mass is 271 g/mol. The summed E-state index contributed by atoms with van der Waals surface area (Å²) in [5, 5.41) is 4.02. The molecule has 0 spiro atoms. The van der Waals surface area contributed by atoms with Gasteiger partial charge < -0.3 is 5.32 Å². The van der Waals surface area contributed by atoms with E-state index >= 15 is 0 Å². The predicted octanol–water partition coefficient (Wildman–Crippen LogP) is 3.25. The molecule has 1 N–H and O–H groups in total.